The summed E-state index contributed by atoms with van der Waals surface area (Å²) in [6.45, 7) is 3.97. The maximum absolute atomic E-state index is 12.2. The molecule has 5 nitrogen and oxygen atoms in total. The van der Waals surface area contributed by atoms with Gasteiger partial charge in [-0.25, -0.2) is 0 Å². The van der Waals surface area contributed by atoms with Gasteiger partial charge in [-0.1, -0.05) is 26.0 Å². The standard InChI is InChI=1S/C16H21NO4/c1-9(2)14-11(8-13(18)17-16(14)19)10-6-5-7-12(20-3)15(10)21-4/h5-7,9,11,14H,8H2,1-4H3,(H,17,18,19). The molecule has 2 amide bonds. The van der Waals surface area contributed by atoms with Crippen LogP contribution in [0.25, 0.3) is 0 Å². The predicted octanol–water partition coefficient (Wildman–Crippen LogP) is 2.11. The van der Waals surface area contributed by atoms with Crippen molar-refractivity contribution in [1.29, 1.82) is 0 Å². The lowest BCUT2D eigenvalue weighted by molar-refractivity contribution is -0.138. The Hall–Kier alpha value is -2.04. The summed E-state index contributed by atoms with van der Waals surface area (Å²) in [5.74, 6) is 0.413. The van der Waals surface area contributed by atoms with Crippen molar-refractivity contribution in [1.82, 2.24) is 5.32 Å². The van der Waals surface area contributed by atoms with Gasteiger partial charge in [-0.2, -0.15) is 0 Å². The van der Waals surface area contributed by atoms with E-state index in [9.17, 15) is 9.59 Å². The highest BCUT2D eigenvalue weighted by molar-refractivity contribution is 6.00. The van der Waals surface area contributed by atoms with Crippen molar-refractivity contribution < 1.29 is 19.1 Å². The zero-order valence-corrected chi connectivity index (χ0v) is 12.8. The molecule has 0 spiro atoms. The molecular weight excluding hydrogens is 270 g/mol. The van der Waals surface area contributed by atoms with Gasteiger partial charge in [0.1, 0.15) is 0 Å². The number of ether oxygens (including phenoxy) is 2. The lowest BCUT2D eigenvalue weighted by Crippen LogP contribution is -2.46. The van der Waals surface area contributed by atoms with Crippen molar-refractivity contribution in [3.8, 4) is 11.5 Å². The number of para-hydroxylation sites is 1. The Kier molecular flexibility index (Phi) is 4.50. The van der Waals surface area contributed by atoms with E-state index in [0.717, 1.165) is 5.56 Å². The molecule has 1 aliphatic heterocycles. The van der Waals surface area contributed by atoms with Crippen LogP contribution in [-0.4, -0.2) is 26.0 Å². The van der Waals surface area contributed by atoms with Gasteiger partial charge in [0.15, 0.2) is 11.5 Å². The minimum Gasteiger partial charge on any atom is -0.493 e. The Bertz CT molecular complexity index is 553. The van der Waals surface area contributed by atoms with Crippen molar-refractivity contribution in [2.75, 3.05) is 14.2 Å². The zero-order chi connectivity index (χ0) is 15.6. The molecule has 5 heteroatoms. The van der Waals surface area contributed by atoms with Gasteiger partial charge in [0, 0.05) is 23.8 Å². The third kappa shape index (κ3) is 2.86. The number of amides is 2. The molecule has 1 aromatic carbocycles. The van der Waals surface area contributed by atoms with Crippen LogP contribution in [0.4, 0.5) is 0 Å². The van der Waals surface area contributed by atoms with Gasteiger partial charge >= 0.3 is 0 Å². The molecule has 2 unspecified atom stereocenters. The molecule has 1 fully saturated rings. The molecule has 0 aliphatic carbocycles. The summed E-state index contributed by atoms with van der Waals surface area (Å²) in [4.78, 5) is 24.0. The average molecular weight is 291 g/mol. The van der Waals surface area contributed by atoms with E-state index in [0.29, 0.717) is 11.5 Å². The van der Waals surface area contributed by atoms with E-state index in [4.69, 9.17) is 9.47 Å². The smallest absolute Gasteiger partial charge is 0.230 e. The molecule has 1 aromatic rings. The summed E-state index contributed by atoms with van der Waals surface area (Å²) in [6.07, 6.45) is 0.276. The van der Waals surface area contributed by atoms with Gasteiger partial charge in [0.05, 0.1) is 14.2 Å². The normalized spacial score (nSPS) is 22.1. The fourth-order valence-corrected chi connectivity index (χ4v) is 3.06. The molecule has 1 N–H and O–H groups in total. The molecule has 0 bridgehead atoms. The summed E-state index contributed by atoms with van der Waals surface area (Å²) in [5, 5.41) is 2.43. The number of carbonyl (C=O) groups is 2. The summed E-state index contributed by atoms with van der Waals surface area (Å²) >= 11 is 0. The molecule has 21 heavy (non-hydrogen) atoms. The molecular formula is C16H21NO4. The Labute approximate surface area is 124 Å². The number of rotatable bonds is 4. The molecule has 1 aliphatic rings. The second-order valence-corrected chi connectivity index (χ2v) is 5.58. The molecule has 2 rings (SSSR count). The predicted molar refractivity (Wildman–Crippen MR) is 78.4 cm³/mol. The Morgan fingerprint density at radius 3 is 2.48 bits per heavy atom. The van der Waals surface area contributed by atoms with E-state index in [1.165, 1.54) is 0 Å². The quantitative estimate of drug-likeness (QED) is 0.863. The highest BCUT2D eigenvalue weighted by Gasteiger charge is 2.40. The zero-order valence-electron chi connectivity index (χ0n) is 12.8. The maximum atomic E-state index is 12.2. The Balaban J connectivity index is 2.51. The van der Waals surface area contributed by atoms with Crippen LogP contribution >= 0.6 is 0 Å². The van der Waals surface area contributed by atoms with Crippen LogP contribution in [-0.2, 0) is 9.59 Å². The topological polar surface area (TPSA) is 64.6 Å². The van der Waals surface area contributed by atoms with E-state index in [2.05, 4.69) is 5.32 Å². The highest BCUT2D eigenvalue weighted by Crippen LogP contribution is 2.43. The van der Waals surface area contributed by atoms with E-state index in [1.807, 2.05) is 26.0 Å². The van der Waals surface area contributed by atoms with Crippen molar-refractivity contribution >= 4 is 11.8 Å². The Morgan fingerprint density at radius 1 is 1.19 bits per heavy atom. The number of benzene rings is 1. The SMILES string of the molecule is COc1cccc(C2CC(=O)NC(=O)C2C(C)C)c1OC. The molecule has 0 radical (unpaired) electrons. The minimum absolute atomic E-state index is 0.124. The van der Waals surface area contributed by atoms with E-state index < -0.39 is 0 Å². The Morgan fingerprint density at radius 2 is 1.90 bits per heavy atom. The number of nitrogens with one attached hydrogen (secondary N) is 1. The summed E-state index contributed by atoms with van der Waals surface area (Å²) in [5.41, 5.74) is 0.846. The minimum atomic E-state index is -0.260. The van der Waals surface area contributed by atoms with Gasteiger partial charge in [-0.05, 0) is 12.0 Å². The van der Waals surface area contributed by atoms with Crippen molar-refractivity contribution in [2.45, 2.75) is 26.2 Å². The third-order valence-electron chi connectivity index (χ3n) is 3.96. The molecule has 0 aromatic heterocycles. The largest absolute Gasteiger partial charge is 0.493 e. The summed E-state index contributed by atoms with van der Waals surface area (Å²) in [7, 11) is 3.14. The van der Waals surface area contributed by atoms with E-state index >= 15 is 0 Å². The first-order valence-corrected chi connectivity index (χ1v) is 7.04. The van der Waals surface area contributed by atoms with E-state index in [-0.39, 0.29) is 36.0 Å². The summed E-state index contributed by atoms with van der Waals surface area (Å²) in [6, 6.07) is 5.55. The van der Waals surface area contributed by atoms with Crippen LogP contribution in [0.15, 0.2) is 18.2 Å². The van der Waals surface area contributed by atoms with Crippen molar-refractivity contribution in [2.24, 2.45) is 11.8 Å². The lowest BCUT2D eigenvalue weighted by atomic mass is 9.74. The van der Waals surface area contributed by atoms with Crippen LogP contribution in [0.5, 0.6) is 11.5 Å². The maximum Gasteiger partial charge on any atom is 0.230 e. The number of hydrogen-bond donors (Lipinski definition) is 1. The van der Waals surface area contributed by atoms with Crippen LogP contribution < -0.4 is 14.8 Å². The second-order valence-electron chi connectivity index (χ2n) is 5.58. The van der Waals surface area contributed by atoms with Crippen LogP contribution in [0.3, 0.4) is 0 Å². The van der Waals surface area contributed by atoms with Crippen LogP contribution in [0.2, 0.25) is 0 Å². The van der Waals surface area contributed by atoms with Gasteiger partial charge < -0.3 is 9.47 Å². The van der Waals surface area contributed by atoms with E-state index in [1.54, 1.807) is 20.3 Å². The third-order valence-corrected chi connectivity index (χ3v) is 3.96. The number of piperidine rings is 1. The molecule has 1 saturated heterocycles. The number of imide groups is 1. The second kappa shape index (κ2) is 6.16. The number of carbonyl (C=O) groups excluding carboxylic acids is 2. The molecule has 1 heterocycles. The summed E-state index contributed by atoms with van der Waals surface area (Å²) < 4.78 is 10.8. The molecule has 2 atom stereocenters. The van der Waals surface area contributed by atoms with Gasteiger partial charge in [0.25, 0.3) is 0 Å². The van der Waals surface area contributed by atoms with Crippen LogP contribution in [0, 0.1) is 11.8 Å². The van der Waals surface area contributed by atoms with Crippen LogP contribution in [0.1, 0.15) is 31.7 Å². The van der Waals surface area contributed by atoms with Crippen molar-refractivity contribution in [3.63, 3.8) is 0 Å². The van der Waals surface area contributed by atoms with Gasteiger partial charge in [-0.3, -0.25) is 14.9 Å². The van der Waals surface area contributed by atoms with Gasteiger partial charge in [0.2, 0.25) is 11.8 Å². The lowest BCUT2D eigenvalue weighted by Gasteiger charge is -2.33. The highest BCUT2D eigenvalue weighted by atomic mass is 16.5. The molecule has 114 valence electrons. The molecule has 0 saturated carbocycles. The number of hydrogen-bond acceptors (Lipinski definition) is 4. The average Bonchev–Trinajstić information content (AvgIpc) is 2.44. The fraction of sp³-hybridized carbons (Fsp3) is 0.500. The first kappa shape index (κ1) is 15.4. The monoisotopic (exact) mass is 291 g/mol. The fourth-order valence-electron chi connectivity index (χ4n) is 3.06. The number of methoxy groups -OCH3 is 2. The first-order valence-electron chi connectivity index (χ1n) is 7.04. The first-order chi connectivity index (χ1) is 9.99. The van der Waals surface area contributed by atoms with Crippen molar-refractivity contribution in [3.05, 3.63) is 23.8 Å². The van der Waals surface area contributed by atoms with Gasteiger partial charge in [-0.15, -0.1) is 0 Å².